The van der Waals surface area contributed by atoms with Crippen LogP contribution in [0.5, 0.6) is 5.75 Å². The molecule has 3 heterocycles. The number of hydrogen-bond donors (Lipinski definition) is 0. The minimum absolute atomic E-state index is 0.165. The lowest BCUT2D eigenvalue weighted by molar-refractivity contribution is 0.260. The van der Waals surface area contributed by atoms with Gasteiger partial charge in [0, 0.05) is 12.6 Å². The fourth-order valence-corrected chi connectivity index (χ4v) is 2.77. The summed E-state index contributed by atoms with van der Waals surface area (Å²) < 4.78 is 20.0. The minimum Gasteiger partial charge on any atom is -0.486 e. The van der Waals surface area contributed by atoms with E-state index >= 15 is 0 Å². The number of halogens is 2. The van der Waals surface area contributed by atoms with Gasteiger partial charge in [-0.05, 0) is 28.7 Å². The predicted molar refractivity (Wildman–Crippen MR) is 63.1 cm³/mol. The standard InChI is InChI=1S/C10H10FIN2O/c11-6-3-7-5-15-9-8(12)1-2-13-10(9)14(7)4-6/h1-2,6-7H,3-5H2/t6-,7?/m1/s1. The van der Waals surface area contributed by atoms with Crippen molar-refractivity contribution in [3.8, 4) is 5.75 Å². The fourth-order valence-electron chi connectivity index (χ4n) is 2.21. The number of alkyl halides is 1. The number of pyridine rings is 1. The van der Waals surface area contributed by atoms with E-state index in [1.807, 2.05) is 11.0 Å². The number of aromatic nitrogens is 1. The number of fused-ring (bicyclic) bond motifs is 3. The molecule has 1 fully saturated rings. The van der Waals surface area contributed by atoms with Crippen LogP contribution in [-0.4, -0.2) is 30.3 Å². The molecule has 1 aromatic heterocycles. The van der Waals surface area contributed by atoms with Crippen molar-refractivity contribution in [1.29, 1.82) is 0 Å². The smallest absolute Gasteiger partial charge is 0.175 e. The SMILES string of the molecule is F[C@@H]1CC2COc3c(I)ccnc3N2C1. The van der Waals surface area contributed by atoms with Crippen LogP contribution >= 0.6 is 22.6 Å². The summed E-state index contributed by atoms with van der Waals surface area (Å²) in [7, 11) is 0. The molecule has 1 unspecified atom stereocenters. The van der Waals surface area contributed by atoms with Crippen LogP contribution in [-0.2, 0) is 0 Å². The topological polar surface area (TPSA) is 25.4 Å². The first-order valence-corrected chi connectivity index (χ1v) is 6.01. The zero-order valence-electron chi connectivity index (χ0n) is 7.99. The van der Waals surface area contributed by atoms with Gasteiger partial charge in [0.25, 0.3) is 0 Å². The van der Waals surface area contributed by atoms with E-state index in [1.165, 1.54) is 0 Å². The van der Waals surface area contributed by atoms with Gasteiger partial charge in [0.05, 0.1) is 16.2 Å². The van der Waals surface area contributed by atoms with Crippen molar-refractivity contribution in [2.75, 3.05) is 18.1 Å². The average Bonchev–Trinajstić information content (AvgIpc) is 2.59. The van der Waals surface area contributed by atoms with Gasteiger partial charge in [0.2, 0.25) is 0 Å². The van der Waals surface area contributed by atoms with E-state index in [2.05, 4.69) is 27.6 Å². The van der Waals surface area contributed by atoms with E-state index in [-0.39, 0.29) is 6.04 Å². The highest BCUT2D eigenvalue weighted by atomic mass is 127. The van der Waals surface area contributed by atoms with E-state index in [4.69, 9.17) is 4.74 Å². The van der Waals surface area contributed by atoms with Gasteiger partial charge in [-0.1, -0.05) is 0 Å². The molecule has 0 bridgehead atoms. The van der Waals surface area contributed by atoms with Gasteiger partial charge >= 0.3 is 0 Å². The van der Waals surface area contributed by atoms with E-state index in [0.717, 1.165) is 15.1 Å². The van der Waals surface area contributed by atoms with Crippen molar-refractivity contribution in [1.82, 2.24) is 4.98 Å². The maximum atomic E-state index is 13.3. The van der Waals surface area contributed by atoms with Gasteiger partial charge in [-0.15, -0.1) is 0 Å². The Kier molecular flexibility index (Phi) is 2.22. The van der Waals surface area contributed by atoms with Crippen molar-refractivity contribution in [2.45, 2.75) is 18.6 Å². The van der Waals surface area contributed by atoms with Gasteiger partial charge < -0.3 is 9.64 Å². The normalized spacial score (nSPS) is 28.3. The predicted octanol–water partition coefficient (Wildman–Crippen LogP) is 2.00. The molecule has 3 rings (SSSR count). The molecule has 0 aliphatic carbocycles. The number of nitrogens with zero attached hydrogens (tertiary/aromatic N) is 2. The Balaban J connectivity index is 2.05. The molecule has 2 aliphatic heterocycles. The number of anilines is 1. The molecule has 2 atom stereocenters. The molecule has 0 N–H and O–H groups in total. The molecule has 0 saturated carbocycles. The number of ether oxygens (including phenoxy) is 1. The molecule has 0 radical (unpaired) electrons. The highest BCUT2D eigenvalue weighted by Crippen LogP contribution is 2.39. The van der Waals surface area contributed by atoms with E-state index in [1.54, 1.807) is 6.20 Å². The van der Waals surface area contributed by atoms with Crippen LogP contribution in [0.1, 0.15) is 6.42 Å². The van der Waals surface area contributed by atoms with Gasteiger partial charge in [-0.25, -0.2) is 9.37 Å². The molecular formula is C10H10FIN2O. The van der Waals surface area contributed by atoms with Crippen molar-refractivity contribution in [3.05, 3.63) is 15.8 Å². The molecular weight excluding hydrogens is 310 g/mol. The summed E-state index contributed by atoms with van der Waals surface area (Å²) in [5.74, 6) is 1.61. The third-order valence-corrected chi connectivity index (χ3v) is 3.74. The second kappa shape index (κ2) is 3.47. The van der Waals surface area contributed by atoms with Crippen molar-refractivity contribution >= 4 is 28.4 Å². The zero-order chi connectivity index (χ0) is 10.4. The van der Waals surface area contributed by atoms with Gasteiger partial charge in [0.15, 0.2) is 11.6 Å². The zero-order valence-corrected chi connectivity index (χ0v) is 10.1. The molecule has 5 heteroatoms. The van der Waals surface area contributed by atoms with Crippen molar-refractivity contribution < 1.29 is 9.13 Å². The number of hydrogen-bond acceptors (Lipinski definition) is 3. The van der Waals surface area contributed by atoms with Crippen molar-refractivity contribution in [2.24, 2.45) is 0 Å². The third-order valence-electron chi connectivity index (χ3n) is 2.89. The van der Waals surface area contributed by atoms with E-state index in [9.17, 15) is 4.39 Å². The molecule has 2 aliphatic rings. The van der Waals surface area contributed by atoms with Crippen LogP contribution in [0.4, 0.5) is 10.2 Å². The van der Waals surface area contributed by atoms with Crippen LogP contribution < -0.4 is 9.64 Å². The second-order valence-corrected chi connectivity index (χ2v) is 5.06. The third kappa shape index (κ3) is 1.47. The average molecular weight is 320 g/mol. The Morgan fingerprint density at radius 1 is 1.60 bits per heavy atom. The summed E-state index contributed by atoms with van der Waals surface area (Å²) in [5, 5.41) is 0. The fraction of sp³-hybridized carbons (Fsp3) is 0.500. The molecule has 1 aromatic rings. The van der Waals surface area contributed by atoms with Crippen LogP contribution in [0.2, 0.25) is 0 Å². The summed E-state index contributed by atoms with van der Waals surface area (Å²) in [6, 6.07) is 2.07. The van der Waals surface area contributed by atoms with Crippen LogP contribution in [0.15, 0.2) is 12.3 Å². The molecule has 0 spiro atoms. The Labute approximate surface area is 101 Å². The first-order valence-electron chi connectivity index (χ1n) is 4.93. The Morgan fingerprint density at radius 2 is 2.47 bits per heavy atom. The van der Waals surface area contributed by atoms with E-state index < -0.39 is 6.17 Å². The van der Waals surface area contributed by atoms with Crippen LogP contribution in [0.25, 0.3) is 0 Å². The molecule has 0 aromatic carbocycles. The molecule has 3 nitrogen and oxygen atoms in total. The van der Waals surface area contributed by atoms with E-state index in [0.29, 0.717) is 19.6 Å². The minimum atomic E-state index is -0.746. The van der Waals surface area contributed by atoms with Gasteiger partial charge in [0.1, 0.15) is 12.8 Å². The molecule has 80 valence electrons. The summed E-state index contributed by atoms with van der Waals surface area (Å²) in [6.45, 7) is 1.03. The molecule has 0 amide bonds. The second-order valence-electron chi connectivity index (χ2n) is 3.90. The van der Waals surface area contributed by atoms with Crippen LogP contribution in [0, 0.1) is 3.57 Å². The summed E-state index contributed by atoms with van der Waals surface area (Å²) >= 11 is 2.22. The molecule has 15 heavy (non-hydrogen) atoms. The Hall–Kier alpha value is -0.590. The Bertz CT molecular complexity index is 401. The first-order chi connectivity index (χ1) is 7.25. The largest absolute Gasteiger partial charge is 0.486 e. The molecule has 1 saturated heterocycles. The number of rotatable bonds is 0. The lowest BCUT2D eigenvalue weighted by Gasteiger charge is -2.32. The Morgan fingerprint density at radius 3 is 3.33 bits per heavy atom. The van der Waals surface area contributed by atoms with Crippen molar-refractivity contribution in [3.63, 3.8) is 0 Å². The summed E-state index contributed by atoms with van der Waals surface area (Å²) in [4.78, 5) is 6.32. The monoisotopic (exact) mass is 320 g/mol. The highest BCUT2D eigenvalue weighted by molar-refractivity contribution is 14.1. The highest BCUT2D eigenvalue weighted by Gasteiger charge is 2.38. The maximum Gasteiger partial charge on any atom is 0.175 e. The van der Waals surface area contributed by atoms with Gasteiger partial charge in [-0.3, -0.25) is 0 Å². The quantitative estimate of drug-likeness (QED) is 0.684. The maximum absolute atomic E-state index is 13.3. The summed E-state index contributed by atoms with van der Waals surface area (Å²) in [6.07, 6.45) is 1.56. The lowest BCUT2D eigenvalue weighted by atomic mass is 10.2. The first kappa shape index (κ1) is 9.62. The van der Waals surface area contributed by atoms with Gasteiger partial charge in [-0.2, -0.15) is 0 Å². The lowest BCUT2D eigenvalue weighted by Crippen LogP contribution is -2.39. The van der Waals surface area contributed by atoms with Crippen LogP contribution in [0.3, 0.4) is 0 Å². The summed E-state index contributed by atoms with van der Waals surface area (Å²) in [5.41, 5.74) is 0.